The minimum atomic E-state index is -0.945. The number of aliphatic carboxylic acids is 1. The molecule has 0 saturated heterocycles. The maximum absolute atomic E-state index is 10.7. The number of carbonyl (C=O) groups is 1. The zero-order valence-corrected chi connectivity index (χ0v) is 13.7. The summed E-state index contributed by atoms with van der Waals surface area (Å²) in [4.78, 5) is 12.8. The van der Waals surface area contributed by atoms with E-state index >= 15 is 0 Å². The zero-order chi connectivity index (χ0) is 15.2. The van der Waals surface area contributed by atoms with Crippen molar-refractivity contribution in [2.24, 2.45) is 5.92 Å². The van der Waals surface area contributed by atoms with Crippen LogP contribution in [-0.4, -0.2) is 37.9 Å². The number of hydrogen-bond acceptors (Lipinski definition) is 3. The highest BCUT2D eigenvalue weighted by atomic mass is 79.9. The van der Waals surface area contributed by atoms with E-state index in [1.807, 2.05) is 25.2 Å². The van der Waals surface area contributed by atoms with Crippen molar-refractivity contribution < 1.29 is 14.6 Å². The van der Waals surface area contributed by atoms with Crippen LogP contribution in [-0.2, 0) is 9.53 Å². The third-order valence-electron chi connectivity index (χ3n) is 3.43. The van der Waals surface area contributed by atoms with Gasteiger partial charge in [-0.15, -0.1) is 0 Å². The molecule has 1 aromatic rings. The van der Waals surface area contributed by atoms with Crippen molar-refractivity contribution in [2.45, 2.75) is 12.8 Å². The summed E-state index contributed by atoms with van der Waals surface area (Å²) in [7, 11) is 1.99. The van der Waals surface area contributed by atoms with Gasteiger partial charge in [-0.2, -0.15) is 0 Å². The lowest BCUT2D eigenvalue weighted by Gasteiger charge is -2.22. The Morgan fingerprint density at radius 2 is 2.29 bits per heavy atom. The molecule has 0 heterocycles. The summed E-state index contributed by atoms with van der Waals surface area (Å²) in [5.41, 5.74) is 1.86. The first-order valence-electron chi connectivity index (χ1n) is 7.05. The second-order valence-electron chi connectivity index (χ2n) is 5.31. The van der Waals surface area contributed by atoms with E-state index in [1.165, 1.54) is 12.8 Å². The monoisotopic (exact) mass is 353 g/mol. The van der Waals surface area contributed by atoms with Gasteiger partial charge in [-0.3, -0.25) is 0 Å². The summed E-state index contributed by atoms with van der Waals surface area (Å²) in [6.45, 7) is 2.32. The van der Waals surface area contributed by atoms with Crippen molar-refractivity contribution in [3.8, 4) is 0 Å². The van der Waals surface area contributed by atoms with E-state index in [-0.39, 0.29) is 0 Å². The van der Waals surface area contributed by atoms with Crippen LogP contribution in [0, 0.1) is 5.92 Å². The molecule has 0 amide bonds. The van der Waals surface area contributed by atoms with Gasteiger partial charge in [0.1, 0.15) is 0 Å². The van der Waals surface area contributed by atoms with Crippen molar-refractivity contribution in [3.05, 3.63) is 34.3 Å². The fraction of sp³-hybridized carbons (Fsp3) is 0.438. The number of carboxylic acids is 1. The van der Waals surface area contributed by atoms with Crippen LogP contribution in [0.1, 0.15) is 18.4 Å². The Bertz CT molecular complexity index is 526. The molecule has 0 aliphatic heterocycles. The topological polar surface area (TPSA) is 49.8 Å². The Morgan fingerprint density at radius 1 is 1.52 bits per heavy atom. The van der Waals surface area contributed by atoms with Crippen LogP contribution in [0.3, 0.4) is 0 Å². The predicted molar refractivity (Wildman–Crippen MR) is 87.6 cm³/mol. The number of rotatable bonds is 8. The van der Waals surface area contributed by atoms with Crippen molar-refractivity contribution >= 4 is 33.7 Å². The second-order valence-corrected chi connectivity index (χ2v) is 6.23. The highest BCUT2D eigenvalue weighted by Crippen LogP contribution is 2.29. The van der Waals surface area contributed by atoms with Crippen molar-refractivity contribution in [1.29, 1.82) is 0 Å². The lowest BCUT2D eigenvalue weighted by atomic mass is 10.1. The molecule has 1 fully saturated rings. The number of benzene rings is 1. The predicted octanol–water partition coefficient (Wildman–Crippen LogP) is 3.41. The van der Waals surface area contributed by atoms with Crippen LogP contribution in [0.4, 0.5) is 5.69 Å². The number of carboxylic acid groups (broad SMARTS) is 1. The van der Waals surface area contributed by atoms with Gasteiger partial charge in [-0.1, -0.05) is 22.0 Å². The molecule has 1 N–H and O–H groups in total. The Morgan fingerprint density at radius 3 is 2.95 bits per heavy atom. The van der Waals surface area contributed by atoms with Crippen LogP contribution < -0.4 is 4.90 Å². The van der Waals surface area contributed by atoms with E-state index in [4.69, 9.17) is 9.84 Å². The molecule has 0 unspecified atom stereocenters. The first-order valence-corrected chi connectivity index (χ1v) is 7.85. The summed E-state index contributed by atoms with van der Waals surface area (Å²) in [5, 5.41) is 8.76. The van der Waals surface area contributed by atoms with E-state index in [2.05, 4.69) is 20.8 Å². The molecular formula is C16H20BrNO3. The third kappa shape index (κ3) is 5.52. The molecule has 1 saturated carbocycles. The second kappa shape index (κ2) is 7.61. The van der Waals surface area contributed by atoms with Gasteiger partial charge in [0.15, 0.2) is 0 Å². The minimum Gasteiger partial charge on any atom is -0.478 e. The fourth-order valence-corrected chi connectivity index (χ4v) is 2.35. The Kier molecular flexibility index (Phi) is 5.82. The summed E-state index contributed by atoms with van der Waals surface area (Å²) in [6.07, 6.45) is 5.37. The lowest BCUT2D eigenvalue weighted by Crippen LogP contribution is -2.23. The Labute approximate surface area is 133 Å². The molecule has 4 nitrogen and oxygen atoms in total. The van der Waals surface area contributed by atoms with Gasteiger partial charge in [0.05, 0.1) is 6.61 Å². The number of ether oxygens (including phenoxy) is 1. The van der Waals surface area contributed by atoms with E-state index in [1.54, 1.807) is 6.08 Å². The van der Waals surface area contributed by atoms with E-state index in [9.17, 15) is 4.79 Å². The number of anilines is 1. The van der Waals surface area contributed by atoms with Crippen LogP contribution in [0.2, 0.25) is 0 Å². The number of halogens is 1. The van der Waals surface area contributed by atoms with E-state index in [0.29, 0.717) is 6.61 Å². The maximum atomic E-state index is 10.7. The molecule has 21 heavy (non-hydrogen) atoms. The fourth-order valence-electron chi connectivity index (χ4n) is 2.01. The van der Waals surface area contributed by atoms with Crippen LogP contribution >= 0.6 is 15.9 Å². The van der Waals surface area contributed by atoms with Crippen molar-refractivity contribution in [2.75, 3.05) is 31.7 Å². The average Bonchev–Trinajstić information content (AvgIpc) is 3.26. The Balaban J connectivity index is 1.97. The summed E-state index contributed by atoms with van der Waals surface area (Å²) < 4.78 is 6.62. The standard InChI is InChI=1S/C16H20BrNO3/c1-18(8-9-21-11-12-2-3-12)15-10-14(17)6-4-13(15)5-7-16(19)20/h4-7,10,12H,2-3,8-9,11H2,1H3,(H,19,20)/b7-5+. The SMILES string of the molecule is CN(CCOCC1CC1)c1cc(Br)ccc1/C=C/C(=O)O. The van der Waals surface area contributed by atoms with E-state index < -0.39 is 5.97 Å². The number of hydrogen-bond donors (Lipinski definition) is 1. The molecule has 1 aliphatic carbocycles. The van der Waals surface area contributed by atoms with Gasteiger partial charge in [-0.05, 0) is 42.5 Å². The molecule has 0 aromatic heterocycles. The molecule has 2 rings (SSSR count). The van der Waals surface area contributed by atoms with Crippen molar-refractivity contribution in [3.63, 3.8) is 0 Å². The maximum Gasteiger partial charge on any atom is 0.328 e. The molecule has 1 aliphatic rings. The summed E-state index contributed by atoms with van der Waals surface area (Å²) in [6, 6.07) is 5.80. The molecule has 0 bridgehead atoms. The van der Waals surface area contributed by atoms with Crippen LogP contribution in [0.5, 0.6) is 0 Å². The van der Waals surface area contributed by atoms with Gasteiger partial charge in [-0.25, -0.2) is 4.79 Å². The average molecular weight is 354 g/mol. The molecular weight excluding hydrogens is 334 g/mol. The van der Waals surface area contributed by atoms with Gasteiger partial charge in [0, 0.05) is 36.4 Å². The zero-order valence-electron chi connectivity index (χ0n) is 12.1. The highest BCUT2D eigenvalue weighted by Gasteiger charge is 2.21. The van der Waals surface area contributed by atoms with Crippen LogP contribution in [0.25, 0.3) is 6.08 Å². The summed E-state index contributed by atoms with van der Waals surface area (Å²) in [5.74, 6) is -0.172. The third-order valence-corrected chi connectivity index (χ3v) is 3.92. The van der Waals surface area contributed by atoms with E-state index in [0.717, 1.165) is 40.9 Å². The minimum absolute atomic E-state index is 0.682. The Hall–Kier alpha value is -1.33. The van der Waals surface area contributed by atoms with Gasteiger partial charge in [0.2, 0.25) is 0 Å². The quantitative estimate of drug-likeness (QED) is 0.574. The normalized spacial score (nSPS) is 14.6. The number of likely N-dealkylation sites (N-methyl/N-ethyl adjacent to an activating group) is 1. The van der Waals surface area contributed by atoms with Crippen LogP contribution in [0.15, 0.2) is 28.7 Å². The van der Waals surface area contributed by atoms with Gasteiger partial charge >= 0.3 is 5.97 Å². The highest BCUT2D eigenvalue weighted by molar-refractivity contribution is 9.10. The molecule has 0 radical (unpaired) electrons. The van der Waals surface area contributed by atoms with Gasteiger partial charge < -0.3 is 14.7 Å². The molecule has 1 aromatic carbocycles. The molecule has 114 valence electrons. The van der Waals surface area contributed by atoms with Gasteiger partial charge in [0.25, 0.3) is 0 Å². The smallest absolute Gasteiger partial charge is 0.328 e. The largest absolute Gasteiger partial charge is 0.478 e. The summed E-state index contributed by atoms with van der Waals surface area (Å²) >= 11 is 3.46. The first-order chi connectivity index (χ1) is 10.1. The lowest BCUT2D eigenvalue weighted by molar-refractivity contribution is -0.131. The molecule has 0 atom stereocenters. The first kappa shape index (κ1) is 16.0. The molecule has 0 spiro atoms. The van der Waals surface area contributed by atoms with Crippen molar-refractivity contribution in [1.82, 2.24) is 0 Å². The molecule has 5 heteroatoms. The number of nitrogens with zero attached hydrogens (tertiary/aromatic N) is 1.